The topological polar surface area (TPSA) is 35.2 Å². The largest absolute Gasteiger partial charge is 0.376 e. The van der Waals surface area contributed by atoms with E-state index in [4.69, 9.17) is 10.5 Å². The van der Waals surface area contributed by atoms with E-state index in [1.807, 2.05) is 0 Å². The summed E-state index contributed by atoms with van der Waals surface area (Å²) in [5, 5.41) is 0. The van der Waals surface area contributed by atoms with Crippen LogP contribution in [0.1, 0.15) is 29.9 Å². The minimum absolute atomic E-state index is 0.283. The Labute approximate surface area is 91.4 Å². The van der Waals surface area contributed by atoms with Crippen LogP contribution < -0.4 is 5.73 Å². The Hall–Kier alpha value is -0.860. The molecule has 0 spiro atoms. The number of hydrogen-bond donors (Lipinski definition) is 1. The first-order valence-electron chi connectivity index (χ1n) is 5.68. The fourth-order valence-corrected chi connectivity index (χ4v) is 2.18. The van der Waals surface area contributed by atoms with E-state index < -0.39 is 0 Å². The summed E-state index contributed by atoms with van der Waals surface area (Å²) < 4.78 is 5.71. The predicted molar refractivity (Wildman–Crippen MR) is 61.9 cm³/mol. The van der Waals surface area contributed by atoms with Gasteiger partial charge in [0.1, 0.15) is 0 Å². The van der Waals surface area contributed by atoms with Crippen LogP contribution in [-0.4, -0.2) is 19.3 Å². The van der Waals surface area contributed by atoms with E-state index in [0.29, 0.717) is 12.5 Å². The fourth-order valence-electron chi connectivity index (χ4n) is 2.18. The van der Waals surface area contributed by atoms with Crippen LogP contribution in [0.4, 0.5) is 0 Å². The second-order valence-electron chi connectivity index (χ2n) is 4.38. The highest BCUT2D eigenvalue weighted by atomic mass is 16.5. The number of rotatable bonds is 2. The SMILES string of the molecule is Cc1cccc(C2CCC(CN)OC2)c1. The van der Waals surface area contributed by atoms with Gasteiger partial charge in [-0.3, -0.25) is 0 Å². The van der Waals surface area contributed by atoms with Crippen molar-refractivity contribution in [1.82, 2.24) is 0 Å². The molecule has 0 radical (unpaired) electrons. The van der Waals surface area contributed by atoms with Gasteiger partial charge in [-0.05, 0) is 25.3 Å². The molecule has 1 aromatic carbocycles. The van der Waals surface area contributed by atoms with Crippen molar-refractivity contribution in [2.75, 3.05) is 13.2 Å². The second-order valence-corrected chi connectivity index (χ2v) is 4.38. The van der Waals surface area contributed by atoms with Gasteiger partial charge < -0.3 is 10.5 Å². The van der Waals surface area contributed by atoms with E-state index in [-0.39, 0.29) is 6.10 Å². The van der Waals surface area contributed by atoms with Gasteiger partial charge in [0.2, 0.25) is 0 Å². The number of ether oxygens (including phenoxy) is 1. The molecule has 82 valence electrons. The van der Waals surface area contributed by atoms with Gasteiger partial charge in [0.25, 0.3) is 0 Å². The van der Waals surface area contributed by atoms with E-state index in [2.05, 4.69) is 31.2 Å². The van der Waals surface area contributed by atoms with Crippen molar-refractivity contribution >= 4 is 0 Å². The van der Waals surface area contributed by atoms with Crippen molar-refractivity contribution in [3.8, 4) is 0 Å². The Morgan fingerprint density at radius 3 is 2.87 bits per heavy atom. The lowest BCUT2D eigenvalue weighted by Crippen LogP contribution is -2.30. The highest BCUT2D eigenvalue weighted by molar-refractivity contribution is 5.25. The zero-order valence-electron chi connectivity index (χ0n) is 9.28. The Balaban J connectivity index is 2.01. The van der Waals surface area contributed by atoms with Gasteiger partial charge in [-0.15, -0.1) is 0 Å². The van der Waals surface area contributed by atoms with Gasteiger partial charge in [0.15, 0.2) is 0 Å². The maximum atomic E-state index is 5.71. The van der Waals surface area contributed by atoms with Crippen LogP contribution in [-0.2, 0) is 4.74 Å². The van der Waals surface area contributed by atoms with Crippen LogP contribution in [0.15, 0.2) is 24.3 Å². The van der Waals surface area contributed by atoms with Gasteiger partial charge in [0.05, 0.1) is 12.7 Å². The molecule has 0 saturated carbocycles. The summed E-state index contributed by atoms with van der Waals surface area (Å²) in [5.74, 6) is 0.563. The summed E-state index contributed by atoms with van der Waals surface area (Å²) in [5.41, 5.74) is 8.32. The van der Waals surface area contributed by atoms with Crippen molar-refractivity contribution in [2.45, 2.75) is 31.8 Å². The monoisotopic (exact) mass is 205 g/mol. The lowest BCUT2D eigenvalue weighted by molar-refractivity contribution is 0.00955. The Kier molecular flexibility index (Phi) is 3.39. The van der Waals surface area contributed by atoms with Crippen molar-refractivity contribution in [2.24, 2.45) is 5.73 Å². The Morgan fingerprint density at radius 1 is 1.40 bits per heavy atom. The van der Waals surface area contributed by atoms with Gasteiger partial charge in [-0.25, -0.2) is 0 Å². The van der Waals surface area contributed by atoms with Gasteiger partial charge in [0, 0.05) is 12.5 Å². The molecule has 2 nitrogen and oxygen atoms in total. The van der Waals surface area contributed by atoms with Gasteiger partial charge in [-0.1, -0.05) is 29.8 Å². The summed E-state index contributed by atoms with van der Waals surface area (Å²) in [7, 11) is 0. The third-order valence-corrected chi connectivity index (χ3v) is 3.15. The molecule has 15 heavy (non-hydrogen) atoms. The molecule has 0 aliphatic carbocycles. The highest BCUT2D eigenvalue weighted by Gasteiger charge is 2.21. The number of aryl methyl sites for hydroxylation is 1. The first kappa shape index (κ1) is 10.7. The molecule has 0 amide bonds. The molecule has 2 atom stereocenters. The number of hydrogen-bond acceptors (Lipinski definition) is 2. The highest BCUT2D eigenvalue weighted by Crippen LogP contribution is 2.28. The Morgan fingerprint density at radius 2 is 2.27 bits per heavy atom. The average Bonchev–Trinajstić information content (AvgIpc) is 2.29. The first-order valence-corrected chi connectivity index (χ1v) is 5.68. The van der Waals surface area contributed by atoms with E-state index in [9.17, 15) is 0 Å². The molecule has 2 unspecified atom stereocenters. The summed E-state index contributed by atoms with van der Waals surface area (Å²) in [4.78, 5) is 0. The minimum atomic E-state index is 0.283. The molecular weight excluding hydrogens is 186 g/mol. The Bertz CT molecular complexity index is 316. The smallest absolute Gasteiger partial charge is 0.0697 e. The molecule has 0 bridgehead atoms. The van der Waals surface area contributed by atoms with Crippen molar-refractivity contribution in [3.05, 3.63) is 35.4 Å². The summed E-state index contributed by atoms with van der Waals surface area (Å²) in [6.07, 6.45) is 2.58. The molecular formula is C13H19NO. The van der Waals surface area contributed by atoms with Crippen LogP contribution in [0.2, 0.25) is 0 Å². The standard InChI is InChI=1S/C13H19NO/c1-10-3-2-4-11(7-10)12-5-6-13(8-14)15-9-12/h2-4,7,12-13H,5-6,8-9,14H2,1H3. The van der Waals surface area contributed by atoms with Crippen LogP contribution in [0.25, 0.3) is 0 Å². The maximum absolute atomic E-state index is 5.71. The molecule has 1 aromatic rings. The van der Waals surface area contributed by atoms with Crippen LogP contribution >= 0.6 is 0 Å². The van der Waals surface area contributed by atoms with Crippen molar-refractivity contribution < 1.29 is 4.74 Å². The van der Waals surface area contributed by atoms with Crippen molar-refractivity contribution in [1.29, 1.82) is 0 Å². The van der Waals surface area contributed by atoms with Gasteiger partial charge >= 0.3 is 0 Å². The molecule has 2 rings (SSSR count). The summed E-state index contributed by atoms with van der Waals surface area (Å²) in [6, 6.07) is 8.72. The average molecular weight is 205 g/mol. The first-order chi connectivity index (χ1) is 7.29. The fraction of sp³-hybridized carbons (Fsp3) is 0.538. The lowest BCUT2D eigenvalue weighted by atomic mass is 9.90. The van der Waals surface area contributed by atoms with Crippen LogP contribution in [0, 0.1) is 6.92 Å². The van der Waals surface area contributed by atoms with E-state index >= 15 is 0 Å². The molecule has 1 aliphatic rings. The minimum Gasteiger partial charge on any atom is -0.376 e. The molecule has 1 heterocycles. The van der Waals surface area contributed by atoms with Gasteiger partial charge in [-0.2, -0.15) is 0 Å². The second kappa shape index (κ2) is 4.77. The summed E-state index contributed by atoms with van der Waals surface area (Å²) >= 11 is 0. The maximum Gasteiger partial charge on any atom is 0.0697 e. The van der Waals surface area contributed by atoms with E-state index in [0.717, 1.165) is 13.0 Å². The lowest BCUT2D eigenvalue weighted by Gasteiger charge is -2.28. The third-order valence-electron chi connectivity index (χ3n) is 3.15. The molecule has 1 saturated heterocycles. The molecule has 2 N–H and O–H groups in total. The van der Waals surface area contributed by atoms with E-state index in [1.54, 1.807) is 0 Å². The zero-order chi connectivity index (χ0) is 10.7. The summed E-state index contributed by atoms with van der Waals surface area (Å²) in [6.45, 7) is 3.61. The normalized spacial score (nSPS) is 26.5. The number of benzene rings is 1. The number of nitrogens with two attached hydrogens (primary N) is 1. The molecule has 2 heteroatoms. The molecule has 0 aromatic heterocycles. The predicted octanol–water partition coefficient (Wildman–Crippen LogP) is 2.22. The van der Waals surface area contributed by atoms with E-state index in [1.165, 1.54) is 17.5 Å². The zero-order valence-corrected chi connectivity index (χ0v) is 9.28. The van der Waals surface area contributed by atoms with Crippen molar-refractivity contribution in [3.63, 3.8) is 0 Å². The molecule has 1 fully saturated rings. The van der Waals surface area contributed by atoms with Crippen LogP contribution in [0.3, 0.4) is 0 Å². The van der Waals surface area contributed by atoms with Crippen LogP contribution in [0.5, 0.6) is 0 Å². The quantitative estimate of drug-likeness (QED) is 0.803. The molecule has 1 aliphatic heterocycles. The third kappa shape index (κ3) is 2.58.